The SMILES string of the molecule is CCCCCCC1(CCCCCC)c2cc(Br)ccc2-c2ccc(-c3ccc(-c4ccc(-c5ccc(OC)cc5)s4)s3)cc21. The van der Waals surface area contributed by atoms with E-state index in [4.69, 9.17) is 4.74 Å². The Morgan fingerprint density at radius 1 is 0.568 bits per heavy atom. The number of halogens is 1. The van der Waals surface area contributed by atoms with Gasteiger partial charge in [0.1, 0.15) is 5.75 Å². The Hall–Kier alpha value is -2.66. The van der Waals surface area contributed by atoms with Crippen LogP contribution in [-0.2, 0) is 5.41 Å². The zero-order valence-electron chi connectivity index (χ0n) is 26.3. The molecule has 0 N–H and O–H groups in total. The Morgan fingerprint density at radius 3 is 1.68 bits per heavy atom. The van der Waals surface area contributed by atoms with E-state index < -0.39 is 0 Å². The van der Waals surface area contributed by atoms with Crippen LogP contribution in [0.5, 0.6) is 5.75 Å². The summed E-state index contributed by atoms with van der Waals surface area (Å²) in [5.41, 5.74) is 8.67. The van der Waals surface area contributed by atoms with E-state index in [0.29, 0.717) is 0 Å². The second kappa shape index (κ2) is 14.2. The highest BCUT2D eigenvalue weighted by molar-refractivity contribution is 9.10. The van der Waals surface area contributed by atoms with E-state index in [0.717, 1.165) is 5.75 Å². The van der Waals surface area contributed by atoms with Crippen LogP contribution >= 0.6 is 38.6 Å². The van der Waals surface area contributed by atoms with E-state index in [9.17, 15) is 0 Å². The highest BCUT2D eigenvalue weighted by Gasteiger charge is 2.42. The third kappa shape index (κ3) is 6.36. The summed E-state index contributed by atoms with van der Waals surface area (Å²) in [5, 5.41) is 0. The number of benzene rings is 3. The summed E-state index contributed by atoms with van der Waals surface area (Å²) in [6.07, 6.45) is 12.9. The van der Waals surface area contributed by atoms with E-state index in [1.807, 2.05) is 34.8 Å². The van der Waals surface area contributed by atoms with Crippen molar-refractivity contribution < 1.29 is 4.74 Å². The number of ether oxygens (including phenoxy) is 1. The number of hydrogen-bond donors (Lipinski definition) is 0. The number of fused-ring (bicyclic) bond motifs is 3. The number of methoxy groups -OCH3 is 1. The maximum absolute atomic E-state index is 5.35. The lowest BCUT2D eigenvalue weighted by atomic mass is 9.70. The van der Waals surface area contributed by atoms with Gasteiger partial charge in [-0.25, -0.2) is 0 Å². The van der Waals surface area contributed by atoms with Gasteiger partial charge in [-0.1, -0.05) is 99.3 Å². The molecule has 2 aromatic heterocycles. The maximum atomic E-state index is 5.35. The van der Waals surface area contributed by atoms with Crippen molar-refractivity contribution in [1.29, 1.82) is 0 Å². The fourth-order valence-electron chi connectivity index (χ4n) is 7.00. The monoisotopic (exact) mass is 682 g/mol. The van der Waals surface area contributed by atoms with E-state index in [1.165, 1.54) is 110 Å². The molecule has 6 rings (SSSR count). The molecule has 2 heterocycles. The molecule has 0 saturated carbocycles. The molecule has 44 heavy (non-hydrogen) atoms. The molecule has 0 fully saturated rings. The fourth-order valence-corrected chi connectivity index (χ4v) is 9.46. The van der Waals surface area contributed by atoms with Crippen molar-refractivity contribution in [2.24, 2.45) is 0 Å². The van der Waals surface area contributed by atoms with Gasteiger partial charge in [-0.05, 0) is 113 Å². The number of thiophene rings is 2. The zero-order chi connectivity index (χ0) is 30.5. The molecule has 0 saturated heterocycles. The van der Waals surface area contributed by atoms with E-state index >= 15 is 0 Å². The van der Waals surface area contributed by atoms with Gasteiger partial charge in [-0.2, -0.15) is 0 Å². The average molecular weight is 684 g/mol. The van der Waals surface area contributed by atoms with Crippen molar-refractivity contribution in [1.82, 2.24) is 0 Å². The van der Waals surface area contributed by atoms with Crippen LogP contribution < -0.4 is 4.74 Å². The topological polar surface area (TPSA) is 9.23 Å². The van der Waals surface area contributed by atoms with Crippen LogP contribution in [0.25, 0.3) is 41.8 Å². The third-order valence-electron chi connectivity index (χ3n) is 9.35. The summed E-state index contributed by atoms with van der Waals surface area (Å²) < 4.78 is 6.55. The van der Waals surface area contributed by atoms with Crippen LogP contribution in [0.15, 0.2) is 89.4 Å². The summed E-state index contributed by atoms with van der Waals surface area (Å²) in [4.78, 5) is 5.30. The van der Waals surface area contributed by atoms with Crippen LogP contribution in [0, 0.1) is 0 Å². The first-order chi connectivity index (χ1) is 21.6. The van der Waals surface area contributed by atoms with Gasteiger partial charge in [0.15, 0.2) is 0 Å². The second-order valence-corrected chi connectivity index (χ2v) is 15.3. The van der Waals surface area contributed by atoms with Gasteiger partial charge >= 0.3 is 0 Å². The molecule has 0 amide bonds. The zero-order valence-corrected chi connectivity index (χ0v) is 29.5. The molecule has 0 bridgehead atoms. The molecule has 0 spiro atoms. The smallest absolute Gasteiger partial charge is 0.118 e. The quantitative estimate of drug-likeness (QED) is 0.106. The lowest BCUT2D eigenvalue weighted by molar-refractivity contribution is 0.401. The summed E-state index contributed by atoms with van der Waals surface area (Å²) in [5.74, 6) is 0.893. The summed E-state index contributed by atoms with van der Waals surface area (Å²) in [6, 6.07) is 31.9. The van der Waals surface area contributed by atoms with Crippen LogP contribution in [0.4, 0.5) is 0 Å². The summed E-state index contributed by atoms with van der Waals surface area (Å²) >= 11 is 7.63. The Morgan fingerprint density at radius 2 is 1.09 bits per heavy atom. The normalized spacial score (nSPS) is 13.2. The fraction of sp³-hybridized carbons (Fsp3) is 0.350. The molecule has 3 aromatic carbocycles. The third-order valence-corrected chi connectivity index (χ3v) is 12.3. The highest BCUT2D eigenvalue weighted by Crippen LogP contribution is 2.56. The van der Waals surface area contributed by atoms with Crippen molar-refractivity contribution in [2.75, 3.05) is 7.11 Å². The largest absolute Gasteiger partial charge is 0.497 e. The van der Waals surface area contributed by atoms with E-state index in [1.54, 1.807) is 18.2 Å². The van der Waals surface area contributed by atoms with Crippen molar-refractivity contribution in [3.05, 3.63) is 101 Å². The molecule has 4 heteroatoms. The van der Waals surface area contributed by atoms with Gasteiger partial charge in [0, 0.05) is 29.4 Å². The van der Waals surface area contributed by atoms with Crippen LogP contribution in [-0.4, -0.2) is 7.11 Å². The predicted octanol–water partition coefficient (Wildman–Crippen LogP) is 13.8. The van der Waals surface area contributed by atoms with Gasteiger partial charge in [0.25, 0.3) is 0 Å². The van der Waals surface area contributed by atoms with Crippen LogP contribution in [0.2, 0.25) is 0 Å². The molecule has 1 aliphatic carbocycles. The number of rotatable bonds is 14. The molecule has 1 nitrogen and oxygen atoms in total. The standard InChI is InChI=1S/C40H43BrOS2/c1-4-6-8-10-24-40(25-11-9-7-5-2)34-26-29(14-18-32(34)33-19-15-30(41)27-35(33)40)37-21-23-39(44-37)38-22-20-36(43-38)28-12-16-31(42-3)17-13-28/h12-23,26-27H,4-11,24-25H2,1-3H3. The van der Waals surface area contributed by atoms with Crippen molar-refractivity contribution in [3.8, 4) is 47.5 Å². The van der Waals surface area contributed by atoms with Gasteiger partial charge in [-0.15, -0.1) is 22.7 Å². The highest BCUT2D eigenvalue weighted by atomic mass is 79.9. The van der Waals surface area contributed by atoms with E-state index in [-0.39, 0.29) is 5.41 Å². The average Bonchev–Trinajstić information content (AvgIpc) is 3.79. The molecule has 0 aliphatic heterocycles. The van der Waals surface area contributed by atoms with Crippen LogP contribution in [0.1, 0.15) is 89.2 Å². The molecular formula is C40H43BrOS2. The molecule has 1 aliphatic rings. The van der Waals surface area contributed by atoms with Gasteiger partial charge in [0.05, 0.1) is 7.11 Å². The Balaban J connectivity index is 1.34. The van der Waals surface area contributed by atoms with Gasteiger partial charge < -0.3 is 4.74 Å². The molecule has 5 aromatic rings. The Labute approximate surface area is 280 Å². The summed E-state index contributed by atoms with van der Waals surface area (Å²) in [7, 11) is 1.71. The lowest BCUT2D eigenvalue weighted by Crippen LogP contribution is -2.25. The maximum Gasteiger partial charge on any atom is 0.118 e. The van der Waals surface area contributed by atoms with Gasteiger partial charge in [-0.3, -0.25) is 0 Å². The van der Waals surface area contributed by atoms with E-state index in [2.05, 4.69) is 103 Å². The van der Waals surface area contributed by atoms with Crippen molar-refractivity contribution >= 4 is 38.6 Å². The molecular weight excluding hydrogens is 640 g/mol. The van der Waals surface area contributed by atoms with Crippen molar-refractivity contribution in [2.45, 2.75) is 83.5 Å². The lowest BCUT2D eigenvalue weighted by Gasteiger charge is -2.33. The first-order valence-corrected chi connectivity index (χ1v) is 18.8. The Kier molecular flexibility index (Phi) is 10.1. The first kappa shape index (κ1) is 31.3. The molecule has 228 valence electrons. The van der Waals surface area contributed by atoms with Gasteiger partial charge in [0.2, 0.25) is 0 Å². The molecule has 0 unspecified atom stereocenters. The second-order valence-electron chi connectivity index (χ2n) is 12.2. The predicted molar refractivity (Wildman–Crippen MR) is 196 cm³/mol. The minimum atomic E-state index is 0.0903. The first-order valence-electron chi connectivity index (χ1n) is 16.4. The van der Waals surface area contributed by atoms with Crippen molar-refractivity contribution in [3.63, 3.8) is 0 Å². The number of hydrogen-bond acceptors (Lipinski definition) is 3. The minimum absolute atomic E-state index is 0.0903. The summed E-state index contributed by atoms with van der Waals surface area (Å²) in [6.45, 7) is 4.63. The van der Waals surface area contributed by atoms with Crippen LogP contribution in [0.3, 0.4) is 0 Å². The Bertz CT molecular complexity index is 1680. The number of unbranched alkanes of at least 4 members (excludes halogenated alkanes) is 6. The minimum Gasteiger partial charge on any atom is -0.497 e. The molecule has 0 radical (unpaired) electrons. The molecule has 0 atom stereocenters.